The third-order valence-corrected chi connectivity index (χ3v) is 4.41. The fourth-order valence-electron chi connectivity index (χ4n) is 3.23. The highest BCUT2D eigenvalue weighted by Gasteiger charge is 2.34. The molecule has 0 aromatic heterocycles. The van der Waals surface area contributed by atoms with Crippen LogP contribution in [0.3, 0.4) is 0 Å². The number of nitrogens with one attached hydrogen (secondary N) is 3. The van der Waals surface area contributed by atoms with E-state index in [2.05, 4.69) is 21.4 Å². The molecule has 3 unspecified atom stereocenters. The zero-order valence-electron chi connectivity index (χ0n) is 12.5. The molecular weight excluding hydrogens is 288 g/mol. The summed E-state index contributed by atoms with van der Waals surface area (Å²) in [6.45, 7) is 0.928. The number of carboxylic acid groups (broad SMARTS) is 2. The Kier molecular flexibility index (Phi) is 6.14. The molecule has 0 aromatic rings. The summed E-state index contributed by atoms with van der Waals surface area (Å²) in [6, 6.07) is 0. The van der Waals surface area contributed by atoms with Crippen molar-refractivity contribution in [2.75, 3.05) is 6.54 Å². The summed E-state index contributed by atoms with van der Waals surface area (Å²) in [5.41, 5.74) is 9.17. The summed E-state index contributed by atoms with van der Waals surface area (Å²) in [5.74, 6) is -1.02. The van der Waals surface area contributed by atoms with Gasteiger partial charge >= 0.3 is 11.9 Å². The number of hydrazone groups is 1. The molecule has 1 aliphatic heterocycles. The zero-order chi connectivity index (χ0) is 15.9. The lowest BCUT2D eigenvalue weighted by Crippen LogP contribution is -2.61. The molecule has 124 valence electrons. The molecule has 3 atom stereocenters. The Hall–Kier alpha value is -1.67. The van der Waals surface area contributed by atoms with Crippen LogP contribution < -0.4 is 16.3 Å². The van der Waals surface area contributed by atoms with E-state index >= 15 is 0 Å². The first-order valence-corrected chi connectivity index (χ1v) is 7.83. The van der Waals surface area contributed by atoms with Gasteiger partial charge in [-0.25, -0.2) is 10.2 Å². The lowest BCUT2D eigenvalue weighted by molar-refractivity contribution is -0.137. The Balaban J connectivity index is 1.90. The van der Waals surface area contributed by atoms with E-state index in [0.29, 0.717) is 11.8 Å². The van der Waals surface area contributed by atoms with Crippen molar-refractivity contribution >= 4 is 17.7 Å². The Bertz CT molecular complexity index is 439. The molecule has 2 aliphatic rings. The Morgan fingerprint density at radius 3 is 2.68 bits per heavy atom. The van der Waals surface area contributed by atoms with Crippen molar-refractivity contribution in [2.24, 2.45) is 16.9 Å². The van der Waals surface area contributed by atoms with Crippen molar-refractivity contribution in [2.45, 2.75) is 51.1 Å². The van der Waals surface area contributed by atoms with Crippen LogP contribution in [0.15, 0.2) is 5.10 Å². The van der Waals surface area contributed by atoms with Crippen LogP contribution >= 0.6 is 0 Å². The first kappa shape index (κ1) is 16.7. The first-order valence-electron chi connectivity index (χ1n) is 7.83. The summed E-state index contributed by atoms with van der Waals surface area (Å²) in [7, 11) is 0. The highest BCUT2D eigenvalue weighted by atomic mass is 16.4. The molecule has 1 saturated carbocycles. The second-order valence-corrected chi connectivity index (χ2v) is 5.95. The molecule has 0 aromatic carbocycles. The van der Waals surface area contributed by atoms with Crippen molar-refractivity contribution in [3.8, 4) is 0 Å². The lowest BCUT2D eigenvalue weighted by atomic mass is 9.77. The SMILES string of the molecule is O=C(O)CCC/C(=N\NC1NNCC2CCCCC21)C(=O)O. The topological polar surface area (TPSA) is 123 Å². The zero-order valence-corrected chi connectivity index (χ0v) is 12.5. The highest BCUT2D eigenvalue weighted by molar-refractivity contribution is 6.35. The van der Waals surface area contributed by atoms with Gasteiger partial charge in [-0.3, -0.25) is 15.6 Å². The lowest BCUT2D eigenvalue weighted by Gasteiger charge is -2.41. The van der Waals surface area contributed by atoms with Gasteiger partial charge in [0, 0.05) is 13.0 Å². The van der Waals surface area contributed by atoms with Crippen LogP contribution in [0.2, 0.25) is 0 Å². The fraction of sp³-hybridized carbons (Fsp3) is 0.786. The highest BCUT2D eigenvalue weighted by Crippen LogP contribution is 2.32. The van der Waals surface area contributed by atoms with E-state index in [1.807, 2.05) is 0 Å². The van der Waals surface area contributed by atoms with Crippen LogP contribution in [0, 0.1) is 11.8 Å². The molecule has 0 bridgehead atoms. The minimum Gasteiger partial charge on any atom is -0.481 e. The summed E-state index contributed by atoms with van der Waals surface area (Å²) in [4.78, 5) is 21.7. The number of hydrogen-bond donors (Lipinski definition) is 5. The number of hydrazine groups is 1. The number of carbonyl (C=O) groups is 2. The Morgan fingerprint density at radius 1 is 1.18 bits per heavy atom. The maximum atomic E-state index is 11.2. The maximum Gasteiger partial charge on any atom is 0.352 e. The molecule has 0 amide bonds. The van der Waals surface area contributed by atoms with Gasteiger partial charge in [-0.1, -0.05) is 12.8 Å². The predicted octanol–water partition coefficient (Wildman–Crippen LogP) is 0.512. The largest absolute Gasteiger partial charge is 0.481 e. The number of rotatable bonds is 7. The average Bonchev–Trinajstić information content (AvgIpc) is 2.50. The van der Waals surface area contributed by atoms with Crippen LogP contribution in [-0.2, 0) is 9.59 Å². The Morgan fingerprint density at radius 2 is 1.95 bits per heavy atom. The molecule has 0 radical (unpaired) electrons. The van der Waals surface area contributed by atoms with Gasteiger partial charge in [-0.05, 0) is 37.5 Å². The predicted molar refractivity (Wildman–Crippen MR) is 80.1 cm³/mol. The molecular formula is C14H24N4O4. The minimum atomic E-state index is -1.11. The number of carboxylic acids is 2. The van der Waals surface area contributed by atoms with Gasteiger partial charge in [0.05, 0.1) is 0 Å². The summed E-state index contributed by atoms with van der Waals surface area (Å²) < 4.78 is 0. The quantitative estimate of drug-likeness (QED) is 0.343. The van der Waals surface area contributed by atoms with Crippen molar-refractivity contribution in [1.29, 1.82) is 0 Å². The van der Waals surface area contributed by atoms with E-state index in [4.69, 9.17) is 10.2 Å². The van der Waals surface area contributed by atoms with Crippen LogP contribution in [0.5, 0.6) is 0 Å². The van der Waals surface area contributed by atoms with E-state index in [1.165, 1.54) is 19.3 Å². The molecule has 8 heteroatoms. The van der Waals surface area contributed by atoms with E-state index in [9.17, 15) is 9.59 Å². The van der Waals surface area contributed by atoms with Crippen molar-refractivity contribution in [3.05, 3.63) is 0 Å². The minimum absolute atomic E-state index is 0.0269. The van der Waals surface area contributed by atoms with Gasteiger partial charge in [0.25, 0.3) is 0 Å². The third kappa shape index (κ3) is 4.67. The Labute approximate surface area is 129 Å². The normalized spacial score (nSPS) is 28.7. The van der Waals surface area contributed by atoms with Crippen LogP contribution in [0.25, 0.3) is 0 Å². The van der Waals surface area contributed by atoms with Gasteiger partial charge in [0.1, 0.15) is 11.9 Å². The van der Waals surface area contributed by atoms with E-state index < -0.39 is 11.9 Å². The van der Waals surface area contributed by atoms with Gasteiger partial charge < -0.3 is 10.2 Å². The summed E-state index contributed by atoms with van der Waals surface area (Å²) >= 11 is 0. The van der Waals surface area contributed by atoms with Crippen molar-refractivity contribution < 1.29 is 19.8 Å². The van der Waals surface area contributed by atoms with E-state index in [-0.39, 0.29) is 31.1 Å². The van der Waals surface area contributed by atoms with Crippen molar-refractivity contribution in [3.63, 3.8) is 0 Å². The van der Waals surface area contributed by atoms with E-state index in [1.54, 1.807) is 0 Å². The molecule has 0 spiro atoms. The molecule has 5 N–H and O–H groups in total. The monoisotopic (exact) mass is 312 g/mol. The summed E-state index contributed by atoms with van der Waals surface area (Å²) in [6.07, 6.45) is 4.99. The number of aliphatic carboxylic acids is 2. The fourth-order valence-corrected chi connectivity index (χ4v) is 3.23. The molecule has 2 rings (SSSR count). The van der Waals surface area contributed by atoms with Crippen molar-refractivity contribution in [1.82, 2.24) is 16.3 Å². The molecule has 8 nitrogen and oxygen atoms in total. The molecule has 1 heterocycles. The van der Waals surface area contributed by atoms with Crippen LogP contribution in [0.4, 0.5) is 0 Å². The molecule has 2 fully saturated rings. The second kappa shape index (κ2) is 8.09. The third-order valence-electron chi connectivity index (χ3n) is 4.41. The molecule has 1 aliphatic carbocycles. The van der Waals surface area contributed by atoms with Gasteiger partial charge in [0.15, 0.2) is 0 Å². The van der Waals surface area contributed by atoms with Gasteiger partial charge in [0.2, 0.25) is 0 Å². The van der Waals surface area contributed by atoms with E-state index in [0.717, 1.165) is 13.0 Å². The average molecular weight is 312 g/mol. The maximum absolute atomic E-state index is 11.2. The standard InChI is InChI=1S/C14H24N4O4/c19-12(20)7-3-6-11(14(21)22)16-18-13-10-5-2-1-4-9(10)8-15-17-13/h9-10,13,15,17-18H,1-8H2,(H,19,20)(H,21,22)/b16-11+. The van der Waals surface area contributed by atoms with Crippen LogP contribution in [-0.4, -0.2) is 40.6 Å². The summed E-state index contributed by atoms with van der Waals surface area (Å²) in [5, 5.41) is 21.8. The molecule has 22 heavy (non-hydrogen) atoms. The second-order valence-electron chi connectivity index (χ2n) is 5.95. The number of nitrogens with zero attached hydrogens (tertiary/aromatic N) is 1. The van der Waals surface area contributed by atoms with Crippen LogP contribution in [0.1, 0.15) is 44.9 Å². The number of fused-ring (bicyclic) bond motifs is 1. The first-order chi connectivity index (χ1) is 10.6. The van der Waals surface area contributed by atoms with Gasteiger partial charge in [-0.2, -0.15) is 5.10 Å². The number of hydrogen-bond acceptors (Lipinski definition) is 6. The van der Waals surface area contributed by atoms with Gasteiger partial charge in [-0.15, -0.1) is 0 Å². The molecule has 1 saturated heterocycles. The smallest absolute Gasteiger partial charge is 0.352 e.